The van der Waals surface area contributed by atoms with E-state index in [2.05, 4.69) is 16.0 Å². The Morgan fingerprint density at radius 3 is 2.96 bits per heavy atom. The first-order valence-corrected chi connectivity index (χ1v) is 9.52. The number of carbonyl (C=O) groups excluding carboxylic acids is 1. The van der Waals surface area contributed by atoms with E-state index in [4.69, 9.17) is 4.74 Å². The van der Waals surface area contributed by atoms with Crippen LogP contribution in [-0.4, -0.2) is 42.1 Å². The SMILES string of the molecule is CO[C@@H]1CCC[C@]12CCCN(C(=O)c1cnc3c(c1)CCCC3)C2. The summed E-state index contributed by atoms with van der Waals surface area (Å²) in [4.78, 5) is 19.7. The van der Waals surface area contributed by atoms with Gasteiger partial charge in [0.25, 0.3) is 5.91 Å². The summed E-state index contributed by atoms with van der Waals surface area (Å²) < 4.78 is 5.76. The van der Waals surface area contributed by atoms with Gasteiger partial charge in [0, 0.05) is 37.5 Å². The van der Waals surface area contributed by atoms with Gasteiger partial charge in [0.2, 0.25) is 0 Å². The normalized spacial score (nSPS) is 29.7. The van der Waals surface area contributed by atoms with Crippen molar-refractivity contribution < 1.29 is 9.53 Å². The van der Waals surface area contributed by atoms with Crippen LogP contribution in [0.25, 0.3) is 0 Å². The van der Waals surface area contributed by atoms with Crippen molar-refractivity contribution in [1.82, 2.24) is 9.88 Å². The molecule has 1 aliphatic heterocycles. The average molecular weight is 328 g/mol. The van der Waals surface area contributed by atoms with E-state index in [1.165, 1.54) is 43.4 Å². The molecule has 0 unspecified atom stereocenters. The van der Waals surface area contributed by atoms with Crippen LogP contribution in [0.5, 0.6) is 0 Å². The summed E-state index contributed by atoms with van der Waals surface area (Å²) in [5.74, 6) is 0.164. The molecular formula is C20H28N2O2. The Morgan fingerprint density at radius 2 is 2.08 bits per heavy atom. The van der Waals surface area contributed by atoms with Crippen LogP contribution >= 0.6 is 0 Å². The number of rotatable bonds is 2. The molecule has 0 aromatic carbocycles. The molecule has 130 valence electrons. The molecule has 0 bridgehead atoms. The fraction of sp³-hybridized carbons (Fsp3) is 0.700. The largest absolute Gasteiger partial charge is 0.381 e. The van der Waals surface area contributed by atoms with E-state index in [1.54, 1.807) is 6.20 Å². The number of aryl methyl sites for hydroxylation is 2. The first-order chi connectivity index (χ1) is 11.7. The molecule has 0 N–H and O–H groups in total. The summed E-state index contributed by atoms with van der Waals surface area (Å²) in [6, 6.07) is 2.10. The van der Waals surface area contributed by atoms with Crippen LogP contribution in [0.2, 0.25) is 0 Å². The Labute approximate surface area is 144 Å². The summed E-state index contributed by atoms with van der Waals surface area (Å²) in [7, 11) is 1.83. The lowest BCUT2D eigenvalue weighted by Gasteiger charge is -2.43. The first kappa shape index (κ1) is 16.1. The number of likely N-dealkylation sites (tertiary alicyclic amines) is 1. The molecule has 1 saturated carbocycles. The van der Waals surface area contributed by atoms with Crippen LogP contribution in [-0.2, 0) is 17.6 Å². The number of pyridine rings is 1. The van der Waals surface area contributed by atoms with E-state index in [-0.39, 0.29) is 11.3 Å². The van der Waals surface area contributed by atoms with Gasteiger partial charge in [-0.05, 0) is 63.0 Å². The van der Waals surface area contributed by atoms with Gasteiger partial charge in [-0.15, -0.1) is 0 Å². The Bertz CT molecular complexity index is 630. The number of piperidine rings is 1. The van der Waals surface area contributed by atoms with Crippen LogP contribution in [0, 0.1) is 5.41 Å². The number of methoxy groups -OCH3 is 1. The average Bonchev–Trinajstić information content (AvgIpc) is 3.02. The monoisotopic (exact) mass is 328 g/mol. The fourth-order valence-electron chi connectivity index (χ4n) is 5.16. The molecule has 4 rings (SSSR count). The first-order valence-electron chi connectivity index (χ1n) is 9.52. The van der Waals surface area contributed by atoms with Crippen LogP contribution in [0.1, 0.15) is 66.6 Å². The highest BCUT2D eigenvalue weighted by atomic mass is 16.5. The number of nitrogens with zero attached hydrogens (tertiary/aromatic N) is 2. The van der Waals surface area contributed by atoms with Crippen molar-refractivity contribution in [3.8, 4) is 0 Å². The lowest BCUT2D eigenvalue weighted by Crippen LogP contribution is -2.49. The lowest BCUT2D eigenvalue weighted by molar-refractivity contribution is -0.0295. The highest BCUT2D eigenvalue weighted by Crippen LogP contribution is 2.46. The summed E-state index contributed by atoms with van der Waals surface area (Å²) in [5.41, 5.74) is 3.45. The van der Waals surface area contributed by atoms with Crippen LogP contribution in [0.15, 0.2) is 12.3 Å². The van der Waals surface area contributed by atoms with Gasteiger partial charge in [-0.3, -0.25) is 9.78 Å². The molecule has 1 aromatic heterocycles. The standard InChI is InChI=1S/C20H28N2O2/c1-24-18-8-4-9-20(18)10-5-11-22(14-20)19(23)16-12-15-6-2-3-7-17(15)21-13-16/h12-13,18H,2-11,14H2,1H3/t18-,20-/m1/s1. The second-order valence-corrected chi connectivity index (χ2v) is 7.85. The van der Waals surface area contributed by atoms with Gasteiger partial charge in [0.15, 0.2) is 0 Å². The van der Waals surface area contributed by atoms with Gasteiger partial charge in [0.1, 0.15) is 0 Å². The number of ether oxygens (including phenoxy) is 1. The minimum absolute atomic E-state index is 0.164. The summed E-state index contributed by atoms with van der Waals surface area (Å²) >= 11 is 0. The quantitative estimate of drug-likeness (QED) is 0.836. The van der Waals surface area contributed by atoms with E-state index in [1.807, 2.05) is 7.11 Å². The number of carbonyl (C=O) groups is 1. The lowest BCUT2D eigenvalue weighted by atomic mass is 9.76. The molecule has 2 aliphatic carbocycles. The Hall–Kier alpha value is -1.42. The van der Waals surface area contributed by atoms with E-state index in [0.29, 0.717) is 6.10 Å². The maximum absolute atomic E-state index is 13.1. The number of hydrogen-bond acceptors (Lipinski definition) is 3. The minimum atomic E-state index is 0.164. The zero-order chi connectivity index (χ0) is 16.6. The number of fused-ring (bicyclic) bond motifs is 1. The second kappa shape index (κ2) is 6.47. The minimum Gasteiger partial charge on any atom is -0.381 e. The van der Waals surface area contributed by atoms with Crippen molar-refractivity contribution in [2.45, 2.75) is 63.9 Å². The highest BCUT2D eigenvalue weighted by Gasteiger charge is 2.46. The zero-order valence-electron chi connectivity index (χ0n) is 14.7. The number of aromatic nitrogens is 1. The number of amides is 1. The molecule has 24 heavy (non-hydrogen) atoms. The number of hydrogen-bond donors (Lipinski definition) is 0. The highest BCUT2D eigenvalue weighted by molar-refractivity contribution is 5.94. The molecule has 4 nitrogen and oxygen atoms in total. The van der Waals surface area contributed by atoms with Gasteiger partial charge >= 0.3 is 0 Å². The van der Waals surface area contributed by atoms with Crippen LogP contribution < -0.4 is 0 Å². The van der Waals surface area contributed by atoms with Gasteiger partial charge in [-0.25, -0.2) is 0 Å². The third kappa shape index (κ3) is 2.75. The molecule has 1 saturated heterocycles. The van der Waals surface area contributed by atoms with E-state index < -0.39 is 0 Å². The summed E-state index contributed by atoms with van der Waals surface area (Å²) in [5, 5.41) is 0. The molecule has 1 aromatic rings. The van der Waals surface area contributed by atoms with Crippen LogP contribution in [0.3, 0.4) is 0 Å². The molecule has 3 aliphatic rings. The van der Waals surface area contributed by atoms with Gasteiger partial charge in [-0.1, -0.05) is 6.42 Å². The predicted octanol–water partition coefficient (Wildman–Crippen LogP) is 3.38. The zero-order valence-corrected chi connectivity index (χ0v) is 14.7. The van der Waals surface area contributed by atoms with Crippen molar-refractivity contribution in [2.24, 2.45) is 5.41 Å². The molecule has 4 heteroatoms. The van der Waals surface area contributed by atoms with Crippen molar-refractivity contribution in [1.29, 1.82) is 0 Å². The topological polar surface area (TPSA) is 42.4 Å². The summed E-state index contributed by atoms with van der Waals surface area (Å²) in [6.07, 6.45) is 12.5. The van der Waals surface area contributed by atoms with Gasteiger partial charge < -0.3 is 9.64 Å². The van der Waals surface area contributed by atoms with E-state index in [0.717, 1.165) is 44.3 Å². The van der Waals surface area contributed by atoms with Crippen molar-refractivity contribution in [3.63, 3.8) is 0 Å². The van der Waals surface area contributed by atoms with Gasteiger partial charge in [0.05, 0.1) is 11.7 Å². The third-order valence-electron chi connectivity index (χ3n) is 6.42. The fourth-order valence-corrected chi connectivity index (χ4v) is 5.16. The molecule has 1 amide bonds. The van der Waals surface area contributed by atoms with Gasteiger partial charge in [-0.2, -0.15) is 0 Å². The Balaban J connectivity index is 1.54. The van der Waals surface area contributed by atoms with E-state index >= 15 is 0 Å². The molecule has 0 radical (unpaired) electrons. The molecule has 2 heterocycles. The Morgan fingerprint density at radius 1 is 1.25 bits per heavy atom. The smallest absolute Gasteiger partial charge is 0.255 e. The van der Waals surface area contributed by atoms with Crippen molar-refractivity contribution >= 4 is 5.91 Å². The molecule has 2 atom stereocenters. The molecular weight excluding hydrogens is 300 g/mol. The Kier molecular flexibility index (Phi) is 4.33. The molecule has 2 fully saturated rings. The second-order valence-electron chi connectivity index (χ2n) is 7.85. The molecule has 1 spiro atoms. The van der Waals surface area contributed by atoms with Crippen LogP contribution in [0.4, 0.5) is 0 Å². The maximum Gasteiger partial charge on any atom is 0.255 e. The van der Waals surface area contributed by atoms with E-state index in [9.17, 15) is 4.79 Å². The van der Waals surface area contributed by atoms with Crippen molar-refractivity contribution in [2.75, 3.05) is 20.2 Å². The maximum atomic E-state index is 13.1. The predicted molar refractivity (Wildman–Crippen MR) is 93.1 cm³/mol. The third-order valence-corrected chi connectivity index (χ3v) is 6.42. The van der Waals surface area contributed by atoms with Crippen molar-refractivity contribution in [3.05, 3.63) is 29.1 Å². The summed E-state index contributed by atoms with van der Waals surface area (Å²) in [6.45, 7) is 1.72.